The predicted octanol–water partition coefficient (Wildman–Crippen LogP) is 2.73. The van der Waals surface area contributed by atoms with Crippen LogP contribution in [0.2, 0.25) is 0 Å². The van der Waals surface area contributed by atoms with E-state index in [9.17, 15) is 23.1 Å². The zero-order valence-electron chi connectivity index (χ0n) is 16.1. The van der Waals surface area contributed by atoms with Gasteiger partial charge in [-0.05, 0) is 44.7 Å². The van der Waals surface area contributed by atoms with Gasteiger partial charge in [-0.15, -0.1) is 0 Å². The fourth-order valence-electron chi connectivity index (χ4n) is 4.04. The minimum Gasteiger partial charge on any atom is -0.397 e. The summed E-state index contributed by atoms with van der Waals surface area (Å²) in [6, 6.07) is 3.05. The van der Waals surface area contributed by atoms with E-state index >= 15 is 0 Å². The number of benzene rings is 1. The van der Waals surface area contributed by atoms with E-state index in [2.05, 4.69) is 10.6 Å². The molecule has 0 atom stereocenters. The van der Waals surface area contributed by atoms with Gasteiger partial charge in [0, 0.05) is 26.2 Å². The number of hydrogen-bond acceptors (Lipinski definition) is 5. The summed E-state index contributed by atoms with van der Waals surface area (Å²) >= 11 is 0. The van der Waals surface area contributed by atoms with Crippen LogP contribution in [0.4, 0.5) is 30.2 Å². The molecule has 1 aromatic carbocycles. The molecule has 0 aromatic heterocycles. The molecule has 0 radical (unpaired) electrons. The third kappa shape index (κ3) is 4.29. The van der Waals surface area contributed by atoms with Gasteiger partial charge in [0.25, 0.3) is 5.91 Å². The number of carbonyl (C=O) groups excluding carboxylic acids is 1. The van der Waals surface area contributed by atoms with Gasteiger partial charge in [0.15, 0.2) is 0 Å². The smallest absolute Gasteiger partial charge is 0.391 e. The van der Waals surface area contributed by atoms with Crippen molar-refractivity contribution in [3.8, 4) is 0 Å². The fraction of sp³-hybridized carbons (Fsp3) is 0.632. The molecule has 6 nitrogen and oxygen atoms in total. The first-order valence-electron chi connectivity index (χ1n) is 9.46. The number of halogens is 3. The van der Waals surface area contributed by atoms with Crippen molar-refractivity contribution < 1.29 is 23.1 Å². The van der Waals surface area contributed by atoms with E-state index in [4.69, 9.17) is 5.73 Å². The molecule has 0 bridgehead atoms. The monoisotopic (exact) mass is 400 g/mol. The number of nitrogens with one attached hydrogen (secondary N) is 2. The minimum atomic E-state index is -4.17. The molecular weight excluding hydrogens is 373 g/mol. The Bertz CT molecular complexity index is 735. The molecule has 1 aliphatic heterocycles. The van der Waals surface area contributed by atoms with Crippen molar-refractivity contribution in [2.75, 3.05) is 36.1 Å². The lowest BCUT2D eigenvalue weighted by molar-refractivity contribution is -0.182. The van der Waals surface area contributed by atoms with Crippen LogP contribution < -0.4 is 21.3 Å². The SMILES string of the molecule is CNc1cc(N2CC(C)(O)C2)c(C(=O)N[C@H]2CC[C@H](C(F)(F)F)CC2)cc1N. The summed E-state index contributed by atoms with van der Waals surface area (Å²) in [6.07, 6.45) is -3.52. The summed E-state index contributed by atoms with van der Waals surface area (Å²) in [7, 11) is 1.72. The Morgan fingerprint density at radius 1 is 1.25 bits per heavy atom. The number of hydrogen-bond donors (Lipinski definition) is 4. The van der Waals surface area contributed by atoms with Gasteiger partial charge in [-0.1, -0.05) is 0 Å². The molecule has 1 saturated carbocycles. The van der Waals surface area contributed by atoms with Crippen molar-refractivity contribution in [1.82, 2.24) is 5.32 Å². The number of nitrogens with zero attached hydrogens (tertiary/aromatic N) is 1. The van der Waals surface area contributed by atoms with Gasteiger partial charge in [-0.3, -0.25) is 4.79 Å². The lowest BCUT2D eigenvalue weighted by Crippen LogP contribution is -2.60. The Balaban J connectivity index is 1.73. The summed E-state index contributed by atoms with van der Waals surface area (Å²) < 4.78 is 38.5. The summed E-state index contributed by atoms with van der Waals surface area (Å²) in [5.74, 6) is -1.64. The van der Waals surface area contributed by atoms with Crippen molar-refractivity contribution in [2.24, 2.45) is 5.92 Å². The normalized spacial score (nSPS) is 24.4. The first-order valence-corrected chi connectivity index (χ1v) is 9.46. The lowest BCUT2D eigenvalue weighted by Gasteiger charge is -2.46. The van der Waals surface area contributed by atoms with Crippen molar-refractivity contribution in [2.45, 2.75) is 50.4 Å². The number of rotatable bonds is 4. The molecule has 1 amide bonds. The summed E-state index contributed by atoms with van der Waals surface area (Å²) in [5, 5.41) is 15.9. The molecule has 1 aliphatic carbocycles. The highest BCUT2D eigenvalue weighted by Gasteiger charge is 2.42. The highest BCUT2D eigenvalue weighted by molar-refractivity contribution is 6.02. The quantitative estimate of drug-likeness (QED) is 0.584. The van der Waals surface area contributed by atoms with E-state index in [0.29, 0.717) is 48.6 Å². The third-order valence-electron chi connectivity index (χ3n) is 5.61. The number of anilines is 3. The molecular formula is C19H27F3N4O2. The molecule has 9 heteroatoms. The van der Waals surface area contributed by atoms with Crippen LogP contribution in [0.25, 0.3) is 0 Å². The topological polar surface area (TPSA) is 90.6 Å². The predicted molar refractivity (Wildman–Crippen MR) is 103 cm³/mol. The van der Waals surface area contributed by atoms with Crippen LogP contribution in [-0.4, -0.2) is 49.0 Å². The minimum absolute atomic E-state index is 0.0249. The average molecular weight is 400 g/mol. The van der Waals surface area contributed by atoms with E-state index in [1.165, 1.54) is 0 Å². The number of amides is 1. The van der Waals surface area contributed by atoms with E-state index < -0.39 is 17.7 Å². The second kappa shape index (κ2) is 7.35. The number of carbonyl (C=O) groups is 1. The lowest BCUT2D eigenvalue weighted by atomic mass is 9.85. The van der Waals surface area contributed by atoms with E-state index in [1.807, 2.05) is 4.90 Å². The average Bonchev–Trinajstić information content (AvgIpc) is 2.59. The highest BCUT2D eigenvalue weighted by Crippen LogP contribution is 2.38. The molecule has 28 heavy (non-hydrogen) atoms. The molecule has 3 rings (SSSR count). The second-order valence-corrected chi connectivity index (χ2v) is 8.12. The Kier molecular flexibility index (Phi) is 5.40. The van der Waals surface area contributed by atoms with Crippen LogP contribution >= 0.6 is 0 Å². The zero-order valence-corrected chi connectivity index (χ0v) is 16.1. The summed E-state index contributed by atoms with van der Waals surface area (Å²) in [5.41, 5.74) is 7.29. The van der Waals surface area contributed by atoms with Gasteiger partial charge in [-0.2, -0.15) is 13.2 Å². The summed E-state index contributed by atoms with van der Waals surface area (Å²) in [4.78, 5) is 14.8. The van der Waals surface area contributed by atoms with E-state index in [-0.39, 0.29) is 24.8 Å². The maximum absolute atomic E-state index is 12.9. The van der Waals surface area contributed by atoms with Crippen molar-refractivity contribution in [3.63, 3.8) is 0 Å². The summed E-state index contributed by atoms with van der Waals surface area (Å²) in [6.45, 7) is 2.49. The van der Waals surface area contributed by atoms with Crippen LogP contribution in [0.5, 0.6) is 0 Å². The molecule has 1 heterocycles. The second-order valence-electron chi connectivity index (χ2n) is 8.12. The molecule has 1 aromatic rings. The van der Waals surface area contributed by atoms with Gasteiger partial charge in [0.1, 0.15) is 0 Å². The first kappa shape index (κ1) is 20.6. The standard InChI is InChI=1S/C19H27F3N4O2/c1-18(28)9-26(10-18)16-8-15(24-2)14(23)7-13(16)17(27)25-12-5-3-11(4-6-12)19(20,21)22/h7-8,11-12,24,28H,3-6,9-10,23H2,1-2H3,(H,25,27)/t11-,12-. The van der Waals surface area contributed by atoms with Crippen molar-refractivity contribution >= 4 is 23.0 Å². The van der Waals surface area contributed by atoms with Crippen LogP contribution in [0.3, 0.4) is 0 Å². The number of alkyl halides is 3. The molecule has 0 unspecified atom stereocenters. The molecule has 156 valence electrons. The maximum Gasteiger partial charge on any atom is 0.391 e. The Morgan fingerprint density at radius 3 is 2.36 bits per heavy atom. The molecule has 2 aliphatic rings. The fourth-order valence-corrected chi connectivity index (χ4v) is 4.04. The first-order chi connectivity index (χ1) is 13.0. The number of nitrogens with two attached hydrogens (primary N) is 1. The van der Waals surface area contributed by atoms with Gasteiger partial charge in [0.05, 0.1) is 34.1 Å². The number of aliphatic hydroxyl groups is 1. The van der Waals surface area contributed by atoms with Crippen LogP contribution in [0, 0.1) is 5.92 Å². The maximum atomic E-state index is 12.9. The molecule has 1 saturated heterocycles. The molecule has 5 N–H and O–H groups in total. The van der Waals surface area contributed by atoms with Gasteiger partial charge in [0.2, 0.25) is 0 Å². The van der Waals surface area contributed by atoms with E-state index in [0.717, 1.165) is 0 Å². The number of β-amino-alcohol motifs (C(OH)–C–C–N with tert-alkyl or cyclic N) is 1. The highest BCUT2D eigenvalue weighted by atomic mass is 19.4. The molecule has 0 spiro atoms. The van der Waals surface area contributed by atoms with Gasteiger partial charge >= 0.3 is 6.18 Å². The van der Waals surface area contributed by atoms with Gasteiger partial charge in [-0.25, -0.2) is 0 Å². The third-order valence-corrected chi connectivity index (χ3v) is 5.61. The van der Waals surface area contributed by atoms with Crippen LogP contribution in [-0.2, 0) is 0 Å². The van der Waals surface area contributed by atoms with Crippen molar-refractivity contribution in [1.29, 1.82) is 0 Å². The number of nitrogen functional groups attached to an aromatic ring is 1. The Morgan fingerprint density at radius 2 is 1.86 bits per heavy atom. The van der Waals surface area contributed by atoms with E-state index in [1.54, 1.807) is 26.1 Å². The molecule has 2 fully saturated rings. The Labute approximate surface area is 162 Å². The van der Waals surface area contributed by atoms with Gasteiger partial charge < -0.3 is 26.4 Å². The Hall–Kier alpha value is -2.16. The van der Waals surface area contributed by atoms with Crippen LogP contribution in [0.15, 0.2) is 12.1 Å². The zero-order chi connectivity index (χ0) is 20.7. The largest absolute Gasteiger partial charge is 0.397 e. The van der Waals surface area contributed by atoms with Crippen LogP contribution in [0.1, 0.15) is 43.0 Å². The van der Waals surface area contributed by atoms with Crippen molar-refractivity contribution in [3.05, 3.63) is 17.7 Å².